The maximum absolute atomic E-state index is 9.44. The predicted octanol–water partition coefficient (Wildman–Crippen LogP) is 4.66. The summed E-state index contributed by atoms with van der Waals surface area (Å²) in [6.45, 7) is 2.55. The van der Waals surface area contributed by atoms with Crippen LogP contribution in [0.3, 0.4) is 0 Å². The molecule has 0 saturated carbocycles. The van der Waals surface area contributed by atoms with Crippen LogP contribution in [0.1, 0.15) is 19.8 Å². The summed E-state index contributed by atoms with van der Waals surface area (Å²) in [4.78, 5) is 0. The molecule has 1 aliphatic rings. The molecule has 0 amide bonds. The molecule has 0 bridgehead atoms. The van der Waals surface area contributed by atoms with Crippen molar-refractivity contribution in [2.45, 2.75) is 19.8 Å². The molecule has 0 saturated heterocycles. The molecule has 2 rings (SSSR count). The summed E-state index contributed by atoms with van der Waals surface area (Å²) in [5.41, 5.74) is 0.746. The van der Waals surface area contributed by atoms with Crippen LogP contribution in [0.5, 0.6) is 0 Å². The molecule has 1 N–H and O–H groups in total. The van der Waals surface area contributed by atoms with Crippen LogP contribution in [-0.4, -0.2) is 11.7 Å². The van der Waals surface area contributed by atoms with Gasteiger partial charge in [0.15, 0.2) is 0 Å². The zero-order valence-electron chi connectivity index (χ0n) is 11.7. The fraction of sp³-hybridized carbons (Fsp3) is 0.235. The minimum atomic E-state index is 0. The summed E-state index contributed by atoms with van der Waals surface area (Å²) >= 11 is 0. The first-order chi connectivity index (χ1) is 9.34. The van der Waals surface area contributed by atoms with Crippen molar-refractivity contribution in [3.05, 3.63) is 78.3 Å². The number of rotatable bonds is 5. The number of hydrogen-bond donors (Lipinski definition) is 1. The topological polar surface area (TPSA) is 29.5 Å². The Morgan fingerprint density at radius 2 is 1.90 bits per heavy atom. The molecule has 1 aromatic rings. The normalized spacial score (nSPS) is 11.9. The summed E-state index contributed by atoms with van der Waals surface area (Å²) in [5.74, 6) is 0.0236. The van der Waals surface area contributed by atoms with Crippen LogP contribution in [0, 0.1) is 0 Å². The molecular weight excluding hydrogens is 292 g/mol. The average Bonchev–Trinajstić information content (AvgIpc) is 3.13. The standard InChI is InChI=1S/C12H16O2.C5H5.Fe/c1-2-3-4-7-10-14-12(13)11-8-5-6-9-11;1-2-4-5-3-1;/h2-3,5-6,8-9,13H,4,7,10H2,1H3;1-5H;/q;-1;/b3-2-;;. The Morgan fingerprint density at radius 3 is 2.40 bits per heavy atom. The van der Waals surface area contributed by atoms with E-state index in [0.717, 1.165) is 18.4 Å². The van der Waals surface area contributed by atoms with Gasteiger partial charge in [0.25, 0.3) is 5.95 Å². The Labute approximate surface area is 132 Å². The van der Waals surface area contributed by atoms with E-state index in [1.165, 1.54) is 0 Å². The smallest absolute Gasteiger partial charge is 0.284 e. The number of aliphatic hydroxyl groups is 1. The van der Waals surface area contributed by atoms with Crippen molar-refractivity contribution < 1.29 is 26.9 Å². The van der Waals surface area contributed by atoms with E-state index in [4.69, 9.17) is 4.74 Å². The second kappa shape index (κ2) is 12.5. The summed E-state index contributed by atoms with van der Waals surface area (Å²) in [6.07, 6.45) is 13.4. The van der Waals surface area contributed by atoms with Crippen molar-refractivity contribution in [1.82, 2.24) is 0 Å². The first kappa shape index (κ1) is 18.4. The van der Waals surface area contributed by atoms with Crippen LogP contribution in [0.2, 0.25) is 0 Å². The fourth-order valence-electron chi connectivity index (χ4n) is 1.46. The molecule has 20 heavy (non-hydrogen) atoms. The third kappa shape index (κ3) is 8.52. The monoisotopic (exact) mass is 313 g/mol. The van der Waals surface area contributed by atoms with Gasteiger partial charge in [-0.25, -0.2) is 12.1 Å². The maximum Gasteiger partial charge on any atom is 0.284 e. The summed E-state index contributed by atoms with van der Waals surface area (Å²) < 4.78 is 5.17. The maximum atomic E-state index is 9.44. The van der Waals surface area contributed by atoms with E-state index < -0.39 is 0 Å². The number of hydrogen-bond acceptors (Lipinski definition) is 2. The third-order valence-corrected chi connectivity index (χ3v) is 2.45. The molecule has 1 aromatic carbocycles. The molecule has 0 atom stereocenters. The van der Waals surface area contributed by atoms with E-state index in [9.17, 15) is 5.11 Å². The van der Waals surface area contributed by atoms with Crippen LogP contribution in [0.25, 0.3) is 0 Å². The Hall–Kier alpha value is -1.57. The van der Waals surface area contributed by atoms with Gasteiger partial charge < -0.3 is 9.84 Å². The molecule has 0 aliphatic heterocycles. The van der Waals surface area contributed by atoms with Crippen molar-refractivity contribution >= 4 is 0 Å². The van der Waals surface area contributed by atoms with Gasteiger partial charge in [0.05, 0.1) is 12.2 Å². The van der Waals surface area contributed by atoms with Gasteiger partial charge in [0.2, 0.25) is 0 Å². The van der Waals surface area contributed by atoms with Gasteiger partial charge in [-0.05, 0) is 31.9 Å². The van der Waals surface area contributed by atoms with Crippen LogP contribution < -0.4 is 0 Å². The molecule has 0 radical (unpaired) electrons. The minimum absolute atomic E-state index is 0. The Bertz CT molecular complexity index is 408. The molecule has 1 aliphatic carbocycles. The van der Waals surface area contributed by atoms with E-state index in [0.29, 0.717) is 6.61 Å². The van der Waals surface area contributed by atoms with Crippen molar-refractivity contribution in [1.29, 1.82) is 0 Å². The Kier molecular flexibility index (Phi) is 11.5. The molecule has 0 heterocycles. The fourth-order valence-corrected chi connectivity index (χ4v) is 1.46. The second-order valence-electron chi connectivity index (χ2n) is 4.00. The third-order valence-electron chi connectivity index (χ3n) is 2.45. The van der Waals surface area contributed by atoms with Crippen LogP contribution in [-0.2, 0) is 21.8 Å². The average molecular weight is 313 g/mol. The Morgan fingerprint density at radius 1 is 1.25 bits per heavy atom. The van der Waals surface area contributed by atoms with E-state index in [-0.39, 0.29) is 23.0 Å². The quantitative estimate of drug-likeness (QED) is 0.282. The van der Waals surface area contributed by atoms with E-state index in [1.54, 1.807) is 0 Å². The number of unbranched alkanes of at least 4 members (excludes halogenated alkanes) is 1. The largest absolute Gasteiger partial charge is 0.481 e. The van der Waals surface area contributed by atoms with Gasteiger partial charge >= 0.3 is 0 Å². The molecule has 0 fully saturated rings. The second-order valence-corrected chi connectivity index (χ2v) is 4.00. The molecule has 2 nitrogen and oxygen atoms in total. The van der Waals surface area contributed by atoms with E-state index in [1.807, 2.05) is 67.6 Å². The minimum Gasteiger partial charge on any atom is -0.481 e. The van der Waals surface area contributed by atoms with Crippen molar-refractivity contribution in [2.24, 2.45) is 0 Å². The number of aliphatic hydroxyl groups excluding tert-OH is 1. The van der Waals surface area contributed by atoms with Crippen molar-refractivity contribution in [3.8, 4) is 0 Å². The zero-order valence-corrected chi connectivity index (χ0v) is 12.8. The zero-order chi connectivity index (χ0) is 13.8. The molecular formula is C17H21FeO2-. The summed E-state index contributed by atoms with van der Waals surface area (Å²) in [5, 5.41) is 9.44. The van der Waals surface area contributed by atoms with Crippen LogP contribution >= 0.6 is 0 Å². The van der Waals surface area contributed by atoms with Crippen molar-refractivity contribution in [3.63, 3.8) is 0 Å². The number of ether oxygens (including phenoxy) is 1. The Balaban J connectivity index is 0.000000507. The summed E-state index contributed by atoms with van der Waals surface area (Å²) in [6, 6.07) is 10.0. The van der Waals surface area contributed by atoms with Gasteiger partial charge in [-0.1, -0.05) is 24.3 Å². The number of allylic oxidation sites excluding steroid dienone is 7. The van der Waals surface area contributed by atoms with Gasteiger partial charge in [-0.3, -0.25) is 0 Å². The molecule has 3 heteroatoms. The van der Waals surface area contributed by atoms with Crippen LogP contribution in [0.4, 0.5) is 0 Å². The van der Waals surface area contributed by atoms with Gasteiger partial charge in [-0.2, -0.15) is 18.2 Å². The predicted molar refractivity (Wildman–Crippen MR) is 80.0 cm³/mol. The van der Waals surface area contributed by atoms with E-state index in [2.05, 4.69) is 6.08 Å². The van der Waals surface area contributed by atoms with Gasteiger partial charge in [0.1, 0.15) is 0 Å². The SMILES string of the molecule is C/C=C\CCCOC(O)=C1C=CC=C1.[Fe].c1cc[cH-]c1. The molecule has 0 spiro atoms. The molecule has 0 unspecified atom stereocenters. The summed E-state index contributed by atoms with van der Waals surface area (Å²) in [7, 11) is 0. The van der Waals surface area contributed by atoms with Crippen molar-refractivity contribution in [2.75, 3.05) is 6.61 Å². The molecule has 110 valence electrons. The van der Waals surface area contributed by atoms with Crippen LogP contribution in [0.15, 0.2) is 78.3 Å². The first-order valence-electron chi connectivity index (χ1n) is 6.53. The van der Waals surface area contributed by atoms with Gasteiger partial charge in [-0.15, -0.1) is 0 Å². The van der Waals surface area contributed by atoms with Gasteiger partial charge in [0, 0.05) is 17.1 Å². The van der Waals surface area contributed by atoms with E-state index >= 15 is 0 Å². The molecule has 0 aromatic heterocycles. The first-order valence-corrected chi connectivity index (χ1v) is 6.53.